The molecule has 2 atom stereocenters. The van der Waals surface area contributed by atoms with Crippen LogP contribution in [0.15, 0.2) is 83.3 Å². The summed E-state index contributed by atoms with van der Waals surface area (Å²) in [6.07, 6.45) is 0.372. The maximum absolute atomic E-state index is 13.5. The van der Waals surface area contributed by atoms with E-state index in [0.29, 0.717) is 6.42 Å². The van der Waals surface area contributed by atoms with Crippen LogP contribution in [-0.2, 0) is 16.6 Å². The van der Waals surface area contributed by atoms with Crippen LogP contribution in [0.25, 0.3) is 0 Å². The normalized spacial score (nSPS) is 18.7. The number of halogens is 1. The number of anilines is 1. The van der Waals surface area contributed by atoms with E-state index in [1.807, 2.05) is 78.9 Å². The molecule has 0 bridgehead atoms. The highest BCUT2D eigenvalue weighted by molar-refractivity contribution is 9.10. The Hall–Kier alpha value is -2.99. The number of nitro groups is 1. The summed E-state index contributed by atoms with van der Waals surface area (Å²) >= 11 is 3.44. The van der Waals surface area contributed by atoms with Gasteiger partial charge < -0.3 is 5.32 Å². The zero-order chi connectivity index (χ0) is 20.4. The van der Waals surface area contributed by atoms with Gasteiger partial charge in [0.05, 0.1) is 11.3 Å². The monoisotopic (exact) mass is 450 g/mol. The van der Waals surface area contributed by atoms with Gasteiger partial charge in [0.15, 0.2) is 0 Å². The summed E-state index contributed by atoms with van der Waals surface area (Å²) in [4.78, 5) is 24.8. The van der Waals surface area contributed by atoms with Crippen LogP contribution < -0.4 is 5.32 Å². The van der Waals surface area contributed by atoms with Gasteiger partial charge in [0, 0.05) is 15.1 Å². The second-order valence-corrected chi connectivity index (χ2v) is 8.17. The number of nitrogens with one attached hydrogen (secondary N) is 1. The molecule has 3 aromatic rings. The summed E-state index contributed by atoms with van der Waals surface area (Å²) in [6, 6.07) is 24.6. The Morgan fingerprint density at radius 1 is 0.966 bits per heavy atom. The van der Waals surface area contributed by atoms with E-state index < -0.39 is 11.3 Å². The average Bonchev–Trinajstić information content (AvgIpc) is 3.00. The predicted octanol–water partition coefficient (Wildman–Crippen LogP) is 4.94. The molecule has 0 saturated carbocycles. The van der Waals surface area contributed by atoms with Gasteiger partial charge in [-0.3, -0.25) is 14.9 Å². The van der Waals surface area contributed by atoms with Gasteiger partial charge in [0.2, 0.25) is 12.5 Å². The first-order valence-electron chi connectivity index (χ1n) is 9.33. The number of carbonyl (C=O) groups excluding carboxylic acids is 1. The Morgan fingerprint density at radius 3 is 2.31 bits per heavy atom. The van der Waals surface area contributed by atoms with Crippen molar-refractivity contribution in [2.75, 3.05) is 11.9 Å². The van der Waals surface area contributed by atoms with Crippen molar-refractivity contribution in [2.24, 2.45) is 0 Å². The van der Waals surface area contributed by atoms with E-state index in [9.17, 15) is 14.9 Å². The summed E-state index contributed by atoms with van der Waals surface area (Å²) in [7, 11) is 0. The van der Waals surface area contributed by atoms with E-state index in [-0.39, 0.29) is 17.4 Å². The molecule has 6 heteroatoms. The fraction of sp³-hybridized carbons (Fsp3) is 0.174. The fourth-order valence-electron chi connectivity index (χ4n) is 4.29. The Bertz CT molecular complexity index is 1050. The van der Waals surface area contributed by atoms with Crippen LogP contribution >= 0.6 is 15.9 Å². The molecule has 0 saturated heterocycles. The molecule has 4 rings (SSSR count). The molecule has 0 spiro atoms. The zero-order valence-electron chi connectivity index (χ0n) is 15.5. The van der Waals surface area contributed by atoms with Gasteiger partial charge >= 0.3 is 0 Å². The largest absolute Gasteiger partial charge is 0.325 e. The molecule has 1 aliphatic rings. The topological polar surface area (TPSA) is 72.2 Å². The van der Waals surface area contributed by atoms with Crippen LogP contribution in [0.2, 0.25) is 0 Å². The number of benzene rings is 3. The third-order valence-electron chi connectivity index (χ3n) is 5.59. The molecule has 1 N–H and O–H groups in total. The number of para-hydroxylation sites is 1. The van der Waals surface area contributed by atoms with Crippen molar-refractivity contribution in [1.29, 1.82) is 0 Å². The van der Waals surface area contributed by atoms with Crippen LogP contribution in [0, 0.1) is 10.1 Å². The molecule has 1 amide bonds. The highest BCUT2D eigenvalue weighted by Crippen LogP contribution is 2.49. The second kappa shape index (κ2) is 7.79. The van der Waals surface area contributed by atoms with Crippen molar-refractivity contribution in [1.82, 2.24) is 0 Å². The van der Waals surface area contributed by atoms with Crippen molar-refractivity contribution in [3.8, 4) is 0 Å². The SMILES string of the molecule is O=C1Nc2ccccc2[C@]1(Cc1ccc(Br)cc1)[C@H](C[N+](=O)[O-])c1ccccc1. The third kappa shape index (κ3) is 3.56. The minimum Gasteiger partial charge on any atom is -0.325 e. The zero-order valence-corrected chi connectivity index (χ0v) is 17.1. The molecule has 0 unspecified atom stereocenters. The van der Waals surface area contributed by atoms with Gasteiger partial charge in [-0.2, -0.15) is 0 Å². The Kier molecular flexibility index (Phi) is 5.20. The summed E-state index contributed by atoms with van der Waals surface area (Å²) in [5.74, 6) is -0.802. The van der Waals surface area contributed by atoms with Gasteiger partial charge in [-0.05, 0) is 41.3 Å². The molecule has 0 aromatic heterocycles. The summed E-state index contributed by atoms with van der Waals surface area (Å²) in [5, 5.41) is 14.6. The van der Waals surface area contributed by atoms with Crippen molar-refractivity contribution in [3.05, 3.63) is 110 Å². The van der Waals surface area contributed by atoms with E-state index in [0.717, 1.165) is 26.9 Å². The molecule has 146 valence electrons. The minimum absolute atomic E-state index is 0.197. The van der Waals surface area contributed by atoms with Crippen molar-refractivity contribution in [3.63, 3.8) is 0 Å². The Labute approximate surface area is 177 Å². The first-order valence-corrected chi connectivity index (χ1v) is 10.1. The molecular weight excluding hydrogens is 432 g/mol. The molecule has 0 radical (unpaired) electrons. The first kappa shape index (κ1) is 19.3. The molecule has 29 heavy (non-hydrogen) atoms. The lowest BCUT2D eigenvalue weighted by atomic mass is 9.65. The molecule has 0 fully saturated rings. The van der Waals surface area contributed by atoms with Crippen molar-refractivity contribution < 1.29 is 9.72 Å². The van der Waals surface area contributed by atoms with E-state index >= 15 is 0 Å². The number of fused-ring (bicyclic) bond motifs is 1. The molecule has 0 aliphatic carbocycles. The van der Waals surface area contributed by atoms with Gasteiger partial charge in [0.25, 0.3) is 0 Å². The average molecular weight is 451 g/mol. The standard InChI is InChI=1S/C23H19BrN2O3/c24-18-12-10-16(11-13-18)14-23(19-8-4-5-9-21(19)25-22(23)27)20(15-26(28)29)17-6-2-1-3-7-17/h1-13,20H,14-15H2,(H,25,27)/t20-,23-/m1/s1. The van der Waals surface area contributed by atoms with Gasteiger partial charge in [-0.15, -0.1) is 0 Å². The lowest BCUT2D eigenvalue weighted by Crippen LogP contribution is -2.45. The predicted molar refractivity (Wildman–Crippen MR) is 116 cm³/mol. The smallest absolute Gasteiger partial charge is 0.236 e. The number of hydrogen-bond donors (Lipinski definition) is 1. The summed E-state index contributed by atoms with van der Waals surface area (Å²) in [6.45, 7) is -0.331. The number of nitrogens with zero attached hydrogens (tertiary/aromatic N) is 1. The molecule has 5 nitrogen and oxygen atoms in total. The third-order valence-corrected chi connectivity index (χ3v) is 6.11. The Balaban J connectivity index is 1.93. The van der Waals surface area contributed by atoms with E-state index in [1.54, 1.807) is 0 Å². The number of carbonyl (C=O) groups is 1. The van der Waals surface area contributed by atoms with Gasteiger partial charge in [0.1, 0.15) is 0 Å². The highest BCUT2D eigenvalue weighted by Gasteiger charge is 2.54. The minimum atomic E-state index is -1.07. The number of rotatable bonds is 6. The molecule has 1 aliphatic heterocycles. The first-order chi connectivity index (χ1) is 14.0. The van der Waals surface area contributed by atoms with Crippen LogP contribution in [0.1, 0.15) is 22.6 Å². The highest BCUT2D eigenvalue weighted by atomic mass is 79.9. The van der Waals surface area contributed by atoms with Gasteiger partial charge in [-0.25, -0.2) is 0 Å². The lowest BCUT2D eigenvalue weighted by Gasteiger charge is -2.34. The maximum Gasteiger partial charge on any atom is 0.236 e. The van der Waals surface area contributed by atoms with E-state index in [1.165, 1.54) is 0 Å². The van der Waals surface area contributed by atoms with Gasteiger partial charge in [-0.1, -0.05) is 76.6 Å². The van der Waals surface area contributed by atoms with E-state index in [4.69, 9.17) is 0 Å². The van der Waals surface area contributed by atoms with Crippen molar-refractivity contribution >= 4 is 27.5 Å². The maximum atomic E-state index is 13.5. The summed E-state index contributed by atoms with van der Waals surface area (Å²) in [5.41, 5.74) is 2.19. The number of amides is 1. The van der Waals surface area contributed by atoms with Crippen LogP contribution in [0.5, 0.6) is 0 Å². The van der Waals surface area contributed by atoms with Crippen LogP contribution in [0.4, 0.5) is 5.69 Å². The Morgan fingerprint density at radius 2 is 1.62 bits per heavy atom. The second-order valence-electron chi connectivity index (χ2n) is 7.25. The number of hydrogen-bond acceptors (Lipinski definition) is 3. The summed E-state index contributed by atoms with van der Waals surface area (Å²) < 4.78 is 0.941. The lowest BCUT2D eigenvalue weighted by molar-refractivity contribution is -0.485. The molecule has 3 aromatic carbocycles. The van der Waals surface area contributed by atoms with E-state index in [2.05, 4.69) is 21.2 Å². The quantitative estimate of drug-likeness (QED) is 0.426. The van der Waals surface area contributed by atoms with Crippen LogP contribution in [-0.4, -0.2) is 17.4 Å². The molecular formula is C23H19BrN2O3. The van der Waals surface area contributed by atoms with Crippen molar-refractivity contribution in [2.45, 2.75) is 17.8 Å². The van der Waals surface area contributed by atoms with Crippen LogP contribution in [0.3, 0.4) is 0 Å². The molecule has 1 heterocycles. The fourth-order valence-corrected chi connectivity index (χ4v) is 4.55.